The monoisotopic (exact) mass is 280 g/mol. The van der Waals surface area contributed by atoms with Crippen molar-refractivity contribution in [3.63, 3.8) is 0 Å². The number of aryl methyl sites for hydroxylation is 2. The number of hydrogen-bond acceptors (Lipinski definition) is 3. The highest BCUT2D eigenvalue weighted by Crippen LogP contribution is 2.34. The van der Waals surface area contributed by atoms with E-state index in [9.17, 15) is 0 Å². The molecule has 0 amide bonds. The molecule has 0 radical (unpaired) electrons. The summed E-state index contributed by atoms with van der Waals surface area (Å²) < 4.78 is 2.07. The minimum absolute atomic E-state index is 0.920. The van der Waals surface area contributed by atoms with Gasteiger partial charge in [-0.15, -0.1) is 0 Å². The van der Waals surface area contributed by atoms with Crippen molar-refractivity contribution in [1.29, 1.82) is 0 Å². The maximum absolute atomic E-state index is 4.57. The van der Waals surface area contributed by atoms with Gasteiger partial charge in [0.15, 0.2) is 5.82 Å². The number of fused-ring (bicyclic) bond motifs is 2. The van der Waals surface area contributed by atoms with E-state index >= 15 is 0 Å². The Morgan fingerprint density at radius 1 is 1.00 bits per heavy atom. The van der Waals surface area contributed by atoms with Crippen LogP contribution < -0.4 is 0 Å². The van der Waals surface area contributed by atoms with Gasteiger partial charge in [0.25, 0.3) is 0 Å². The lowest BCUT2D eigenvalue weighted by atomic mass is 9.90. The van der Waals surface area contributed by atoms with E-state index < -0.39 is 0 Å². The molecule has 0 atom stereocenters. The molecule has 1 saturated heterocycles. The van der Waals surface area contributed by atoms with Crippen LogP contribution in [-0.4, -0.2) is 39.8 Å². The van der Waals surface area contributed by atoms with E-state index in [1.807, 2.05) is 0 Å². The molecule has 3 heterocycles. The average molecular weight is 280 g/mol. The third-order valence-corrected chi connectivity index (χ3v) is 4.66. The van der Waals surface area contributed by atoms with Crippen molar-refractivity contribution in [1.82, 2.24) is 19.7 Å². The normalized spacial score (nSPS) is 19.1. The Morgan fingerprint density at radius 3 is 2.67 bits per heavy atom. The van der Waals surface area contributed by atoms with Crippen molar-refractivity contribution < 1.29 is 0 Å². The van der Waals surface area contributed by atoms with E-state index in [0.717, 1.165) is 44.7 Å². The van der Waals surface area contributed by atoms with Crippen LogP contribution in [0.3, 0.4) is 0 Å². The minimum Gasteiger partial charge on any atom is -0.306 e. The minimum atomic E-state index is 0.920. The predicted molar refractivity (Wildman–Crippen MR) is 82.9 cm³/mol. The van der Waals surface area contributed by atoms with Crippen LogP contribution in [0.2, 0.25) is 0 Å². The zero-order valence-corrected chi connectivity index (χ0v) is 12.4. The van der Waals surface area contributed by atoms with Gasteiger partial charge in [0, 0.05) is 25.2 Å². The summed E-state index contributed by atoms with van der Waals surface area (Å²) in [6.07, 6.45) is 4.99. The summed E-state index contributed by atoms with van der Waals surface area (Å²) in [7, 11) is 2.20. The molecule has 2 aliphatic rings. The van der Waals surface area contributed by atoms with Crippen molar-refractivity contribution in [2.24, 2.45) is 0 Å². The second-order valence-corrected chi connectivity index (χ2v) is 6.00. The molecule has 21 heavy (non-hydrogen) atoms. The summed E-state index contributed by atoms with van der Waals surface area (Å²) in [6, 6.07) is 8.77. The van der Waals surface area contributed by atoms with Gasteiger partial charge in [-0.3, -0.25) is 0 Å². The lowest BCUT2D eigenvalue weighted by Gasteiger charge is -2.26. The van der Waals surface area contributed by atoms with E-state index in [-0.39, 0.29) is 0 Å². The quantitative estimate of drug-likeness (QED) is 0.743. The van der Waals surface area contributed by atoms with Crippen molar-refractivity contribution in [2.45, 2.75) is 25.8 Å². The summed E-state index contributed by atoms with van der Waals surface area (Å²) in [4.78, 5) is 6.97. The summed E-state index contributed by atoms with van der Waals surface area (Å²) in [5.41, 5.74) is 5.67. The second kappa shape index (κ2) is 5.11. The maximum Gasteiger partial charge on any atom is 0.158 e. The molecule has 108 valence electrons. The number of nitrogens with zero attached hydrogens (tertiary/aromatic N) is 4. The zero-order valence-electron chi connectivity index (χ0n) is 12.4. The first-order valence-corrected chi connectivity index (χ1v) is 7.70. The second-order valence-electron chi connectivity index (χ2n) is 6.00. The third-order valence-electron chi connectivity index (χ3n) is 4.66. The molecule has 0 saturated carbocycles. The van der Waals surface area contributed by atoms with Crippen LogP contribution in [0, 0.1) is 0 Å². The largest absolute Gasteiger partial charge is 0.306 e. The summed E-state index contributed by atoms with van der Waals surface area (Å²) in [5.74, 6) is 1.06. The fourth-order valence-corrected chi connectivity index (χ4v) is 3.44. The molecular weight excluding hydrogens is 260 g/mol. The first-order chi connectivity index (χ1) is 10.3. The molecule has 0 aliphatic carbocycles. The summed E-state index contributed by atoms with van der Waals surface area (Å²) >= 11 is 0. The molecular formula is C17H20N4. The highest BCUT2D eigenvalue weighted by Gasteiger charge is 2.24. The summed E-state index contributed by atoms with van der Waals surface area (Å²) in [6.45, 7) is 3.19. The van der Waals surface area contributed by atoms with Gasteiger partial charge in [0.2, 0.25) is 0 Å². The van der Waals surface area contributed by atoms with Gasteiger partial charge in [-0.25, -0.2) is 9.67 Å². The van der Waals surface area contributed by atoms with E-state index in [1.54, 1.807) is 6.33 Å². The van der Waals surface area contributed by atoms with Gasteiger partial charge in [-0.1, -0.05) is 29.8 Å². The SMILES string of the molecule is CN1CCC(=C2c3ccccc3CCn3ncnc32)CC1. The topological polar surface area (TPSA) is 34.0 Å². The van der Waals surface area contributed by atoms with Gasteiger partial charge in [0.05, 0.1) is 0 Å². The molecule has 0 N–H and O–H groups in total. The number of likely N-dealkylation sites (tertiary alicyclic amines) is 1. The molecule has 4 heteroatoms. The van der Waals surface area contributed by atoms with Gasteiger partial charge < -0.3 is 4.90 Å². The van der Waals surface area contributed by atoms with Crippen molar-refractivity contribution in [2.75, 3.05) is 20.1 Å². The smallest absolute Gasteiger partial charge is 0.158 e. The fraction of sp³-hybridized carbons (Fsp3) is 0.412. The highest BCUT2D eigenvalue weighted by atomic mass is 15.3. The standard InChI is InChI=1S/C17H20N4/c1-20-9-6-14(7-10-20)16-15-5-3-2-4-13(15)8-11-21-17(16)18-12-19-21/h2-5,12H,6-11H2,1H3. The molecule has 1 aromatic heterocycles. The third kappa shape index (κ3) is 2.20. The van der Waals surface area contributed by atoms with E-state index in [4.69, 9.17) is 0 Å². The van der Waals surface area contributed by atoms with Crippen LogP contribution in [0.1, 0.15) is 29.8 Å². The van der Waals surface area contributed by atoms with E-state index in [2.05, 4.69) is 51.0 Å². The maximum atomic E-state index is 4.57. The highest BCUT2D eigenvalue weighted by molar-refractivity contribution is 5.81. The molecule has 1 fully saturated rings. The molecule has 0 unspecified atom stereocenters. The number of benzene rings is 1. The number of aromatic nitrogens is 3. The molecule has 1 aromatic carbocycles. The van der Waals surface area contributed by atoms with Crippen LogP contribution in [0.5, 0.6) is 0 Å². The molecule has 0 spiro atoms. The molecule has 4 rings (SSSR count). The van der Waals surface area contributed by atoms with Crippen LogP contribution in [0.25, 0.3) is 5.57 Å². The Hall–Kier alpha value is -1.94. The van der Waals surface area contributed by atoms with Gasteiger partial charge >= 0.3 is 0 Å². The van der Waals surface area contributed by atoms with E-state index in [0.29, 0.717) is 0 Å². The van der Waals surface area contributed by atoms with Crippen molar-refractivity contribution in [3.05, 3.63) is 53.1 Å². The van der Waals surface area contributed by atoms with E-state index in [1.165, 1.54) is 22.3 Å². The van der Waals surface area contributed by atoms with Crippen LogP contribution in [-0.2, 0) is 13.0 Å². The molecule has 2 aliphatic heterocycles. The molecule has 0 bridgehead atoms. The Kier molecular flexibility index (Phi) is 3.11. The van der Waals surface area contributed by atoms with Gasteiger partial charge in [0.1, 0.15) is 6.33 Å². The predicted octanol–water partition coefficient (Wildman–Crippen LogP) is 2.36. The number of piperidine rings is 1. The first-order valence-electron chi connectivity index (χ1n) is 7.70. The fourth-order valence-electron chi connectivity index (χ4n) is 3.44. The first kappa shape index (κ1) is 12.8. The van der Waals surface area contributed by atoms with Crippen LogP contribution >= 0.6 is 0 Å². The van der Waals surface area contributed by atoms with Crippen LogP contribution in [0.4, 0.5) is 0 Å². The number of rotatable bonds is 0. The Morgan fingerprint density at radius 2 is 1.81 bits per heavy atom. The molecule has 4 nitrogen and oxygen atoms in total. The van der Waals surface area contributed by atoms with Gasteiger partial charge in [-0.05, 0) is 37.4 Å². The zero-order chi connectivity index (χ0) is 14.2. The van der Waals surface area contributed by atoms with Crippen LogP contribution in [0.15, 0.2) is 36.2 Å². The van der Waals surface area contributed by atoms with Gasteiger partial charge in [-0.2, -0.15) is 5.10 Å². The van der Waals surface area contributed by atoms with Crippen molar-refractivity contribution >= 4 is 5.57 Å². The lowest BCUT2D eigenvalue weighted by Crippen LogP contribution is -2.27. The number of hydrogen-bond donors (Lipinski definition) is 0. The summed E-state index contributed by atoms with van der Waals surface area (Å²) in [5, 5.41) is 4.42. The Bertz CT molecular complexity index is 688. The van der Waals surface area contributed by atoms with Crippen molar-refractivity contribution in [3.8, 4) is 0 Å². The Labute approximate surface area is 125 Å². The Balaban J connectivity index is 1.91. The lowest BCUT2D eigenvalue weighted by molar-refractivity contribution is 0.313. The average Bonchev–Trinajstić information content (AvgIpc) is 2.91. The molecule has 2 aromatic rings.